The molecule has 2 aliphatic heterocycles. The van der Waals surface area contributed by atoms with Gasteiger partial charge in [0.05, 0.1) is 4.90 Å². The lowest BCUT2D eigenvalue weighted by Crippen LogP contribution is -2.41. The van der Waals surface area contributed by atoms with Crippen LogP contribution < -0.4 is 0 Å². The van der Waals surface area contributed by atoms with Gasteiger partial charge in [-0.3, -0.25) is 4.90 Å². The number of nitrogens with zero attached hydrogens (tertiary/aromatic N) is 2. The Morgan fingerprint density at radius 3 is 2.42 bits per heavy atom. The molecule has 0 amide bonds. The first-order valence-corrected chi connectivity index (χ1v) is 12.5. The number of rotatable bonds is 4. The standard InChI is InChI=1S/C25H25ClN2O2S/c26-23-10-8-20(9-11-23)21-6-3-7-25(16-21)31(29,30)28-15-13-24(18-28)27-14-12-19-4-1-2-5-22(19)17-27/h1-11,16,24H,12-15,17-18H2. The van der Waals surface area contributed by atoms with Gasteiger partial charge in [-0.2, -0.15) is 4.31 Å². The summed E-state index contributed by atoms with van der Waals surface area (Å²) < 4.78 is 28.4. The molecule has 0 N–H and O–H groups in total. The molecule has 3 aromatic rings. The van der Waals surface area contributed by atoms with Gasteiger partial charge in [0.1, 0.15) is 0 Å². The van der Waals surface area contributed by atoms with E-state index in [4.69, 9.17) is 11.6 Å². The number of hydrogen-bond donors (Lipinski definition) is 0. The van der Waals surface area contributed by atoms with E-state index in [1.165, 1.54) is 11.1 Å². The summed E-state index contributed by atoms with van der Waals surface area (Å²) in [5.74, 6) is 0. The third-order valence-electron chi connectivity index (χ3n) is 6.45. The Balaban J connectivity index is 1.33. The van der Waals surface area contributed by atoms with E-state index in [0.29, 0.717) is 23.0 Å². The summed E-state index contributed by atoms with van der Waals surface area (Å²) in [5, 5.41) is 0.663. The summed E-state index contributed by atoms with van der Waals surface area (Å²) in [7, 11) is -3.53. The van der Waals surface area contributed by atoms with Gasteiger partial charge in [0.25, 0.3) is 0 Å². The Labute approximate surface area is 189 Å². The van der Waals surface area contributed by atoms with Crippen LogP contribution in [0.5, 0.6) is 0 Å². The van der Waals surface area contributed by atoms with Crippen molar-refractivity contribution in [3.05, 3.63) is 88.9 Å². The number of halogens is 1. The quantitative estimate of drug-likeness (QED) is 0.569. The topological polar surface area (TPSA) is 40.6 Å². The van der Waals surface area contributed by atoms with Gasteiger partial charge in [0.2, 0.25) is 10.0 Å². The Kier molecular flexibility index (Phi) is 5.61. The van der Waals surface area contributed by atoms with Crippen LogP contribution in [-0.2, 0) is 23.0 Å². The fraction of sp³-hybridized carbons (Fsp3) is 0.280. The highest BCUT2D eigenvalue weighted by Crippen LogP contribution is 2.30. The minimum absolute atomic E-state index is 0.266. The highest BCUT2D eigenvalue weighted by atomic mass is 35.5. The molecule has 2 aliphatic rings. The fourth-order valence-electron chi connectivity index (χ4n) is 4.68. The molecule has 0 radical (unpaired) electrons. The predicted molar refractivity (Wildman–Crippen MR) is 125 cm³/mol. The van der Waals surface area contributed by atoms with Crippen molar-refractivity contribution < 1.29 is 8.42 Å². The smallest absolute Gasteiger partial charge is 0.243 e. The van der Waals surface area contributed by atoms with E-state index in [1.54, 1.807) is 16.4 Å². The average molecular weight is 453 g/mol. The second-order valence-corrected chi connectivity index (χ2v) is 10.7. The summed E-state index contributed by atoms with van der Waals surface area (Å²) in [6.45, 7) is 3.01. The minimum atomic E-state index is -3.53. The maximum atomic E-state index is 13.4. The maximum Gasteiger partial charge on any atom is 0.243 e. The van der Waals surface area contributed by atoms with Crippen LogP contribution in [0.25, 0.3) is 11.1 Å². The summed E-state index contributed by atoms with van der Waals surface area (Å²) in [6, 6.07) is 23.5. The van der Waals surface area contributed by atoms with Gasteiger partial charge in [-0.05, 0) is 59.4 Å². The Morgan fingerprint density at radius 2 is 1.61 bits per heavy atom. The first-order valence-electron chi connectivity index (χ1n) is 10.7. The lowest BCUT2D eigenvalue weighted by Gasteiger charge is -2.33. The van der Waals surface area contributed by atoms with E-state index in [1.807, 2.05) is 36.4 Å². The largest absolute Gasteiger partial charge is 0.294 e. The van der Waals surface area contributed by atoms with Gasteiger partial charge >= 0.3 is 0 Å². The second-order valence-electron chi connectivity index (χ2n) is 8.33. The molecule has 1 atom stereocenters. The number of fused-ring (bicyclic) bond motifs is 1. The van der Waals surface area contributed by atoms with Crippen molar-refractivity contribution in [2.45, 2.75) is 30.3 Å². The van der Waals surface area contributed by atoms with E-state index in [9.17, 15) is 8.42 Å². The summed E-state index contributed by atoms with van der Waals surface area (Å²) in [5.41, 5.74) is 4.61. The van der Waals surface area contributed by atoms with Crippen LogP contribution in [-0.4, -0.2) is 43.3 Å². The van der Waals surface area contributed by atoms with E-state index in [0.717, 1.165) is 37.1 Å². The van der Waals surface area contributed by atoms with Gasteiger partial charge < -0.3 is 0 Å². The third kappa shape index (κ3) is 4.15. The molecule has 1 fully saturated rings. The molecular weight excluding hydrogens is 428 g/mol. The van der Waals surface area contributed by atoms with Crippen molar-refractivity contribution in [2.24, 2.45) is 0 Å². The van der Waals surface area contributed by atoms with E-state index in [2.05, 4.69) is 29.2 Å². The van der Waals surface area contributed by atoms with E-state index < -0.39 is 10.0 Å². The molecule has 5 rings (SSSR count). The maximum absolute atomic E-state index is 13.4. The zero-order valence-corrected chi connectivity index (χ0v) is 18.8. The number of benzene rings is 3. The monoisotopic (exact) mass is 452 g/mol. The van der Waals surface area contributed by atoms with Crippen molar-refractivity contribution in [1.29, 1.82) is 0 Å². The molecular formula is C25H25ClN2O2S. The van der Waals surface area contributed by atoms with E-state index >= 15 is 0 Å². The molecule has 1 saturated heterocycles. The van der Waals surface area contributed by atoms with Crippen molar-refractivity contribution in [3.63, 3.8) is 0 Å². The normalized spacial score (nSPS) is 20.0. The van der Waals surface area contributed by atoms with E-state index in [-0.39, 0.29) is 6.04 Å². The highest BCUT2D eigenvalue weighted by Gasteiger charge is 2.36. The third-order valence-corrected chi connectivity index (χ3v) is 8.57. The zero-order chi connectivity index (χ0) is 21.4. The molecule has 0 bridgehead atoms. The molecule has 31 heavy (non-hydrogen) atoms. The lowest BCUT2D eigenvalue weighted by atomic mass is 9.98. The average Bonchev–Trinajstić information content (AvgIpc) is 3.31. The van der Waals surface area contributed by atoms with Crippen molar-refractivity contribution >= 4 is 21.6 Å². The van der Waals surface area contributed by atoms with Crippen molar-refractivity contribution in [1.82, 2.24) is 9.21 Å². The zero-order valence-electron chi connectivity index (χ0n) is 17.2. The summed E-state index contributed by atoms with van der Waals surface area (Å²) in [6.07, 6.45) is 1.90. The highest BCUT2D eigenvalue weighted by molar-refractivity contribution is 7.89. The first kappa shape index (κ1) is 20.7. The molecule has 160 valence electrons. The predicted octanol–water partition coefficient (Wildman–Crippen LogP) is 4.83. The molecule has 1 unspecified atom stereocenters. The van der Waals surface area contributed by atoms with Crippen molar-refractivity contribution in [2.75, 3.05) is 19.6 Å². The Hall–Kier alpha value is -2.18. The van der Waals surface area contributed by atoms with Crippen LogP contribution in [0, 0.1) is 0 Å². The van der Waals surface area contributed by atoms with Gasteiger partial charge in [0.15, 0.2) is 0 Å². The fourth-order valence-corrected chi connectivity index (χ4v) is 6.35. The van der Waals surface area contributed by atoms with Crippen LogP contribution in [0.3, 0.4) is 0 Å². The number of hydrogen-bond acceptors (Lipinski definition) is 3. The second kappa shape index (κ2) is 8.40. The molecule has 6 heteroatoms. The lowest BCUT2D eigenvalue weighted by molar-refractivity contribution is 0.185. The number of sulfonamides is 1. The molecule has 0 aromatic heterocycles. The Bertz CT molecular complexity index is 1190. The summed E-state index contributed by atoms with van der Waals surface area (Å²) >= 11 is 5.99. The van der Waals surface area contributed by atoms with Crippen LogP contribution in [0.4, 0.5) is 0 Å². The molecule has 2 heterocycles. The minimum Gasteiger partial charge on any atom is -0.294 e. The van der Waals surface area contributed by atoms with Gasteiger partial charge in [-0.1, -0.05) is 60.1 Å². The van der Waals surface area contributed by atoms with Crippen molar-refractivity contribution in [3.8, 4) is 11.1 Å². The molecule has 3 aromatic carbocycles. The van der Waals surface area contributed by atoms with Crippen LogP contribution in [0.2, 0.25) is 5.02 Å². The molecule has 0 aliphatic carbocycles. The Morgan fingerprint density at radius 1 is 0.839 bits per heavy atom. The molecule has 4 nitrogen and oxygen atoms in total. The van der Waals surface area contributed by atoms with Gasteiger partial charge in [-0.15, -0.1) is 0 Å². The van der Waals surface area contributed by atoms with Crippen LogP contribution >= 0.6 is 11.6 Å². The van der Waals surface area contributed by atoms with Crippen LogP contribution in [0.1, 0.15) is 17.5 Å². The first-order chi connectivity index (χ1) is 15.0. The van der Waals surface area contributed by atoms with Gasteiger partial charge in [0, 0.05) is 37.2 Å². The molecule has 0 saturated carbocycles. The molecule has 0 spiro atoms. The van der Waals surface area contributed by atoms with Crippen LogP contribution in [0.15, 0.2) is 77.7 Å². The van der Waals surface area contributed by atoms with Gasteiger partial charge in [-0.25, -0.2) is 8.42 Å². The SMILES string of the molecule is O=S(=O)(c1cccc(-c2ccc(Cl)cc2)c1)N1CCC(N2CCc3ccccc3C2)C1. The summed E-state index contributed by atoms with van der Waals surface area (Å²) in [4.78, 5) is 2.80.